The van der Waals surface area contributed by atoms with Gasteiger partial charge in [-0.05, 0) is 25.5 Å². The molecule has 0 aliphatic rings. The Balaban J connectivity index is 3.42. The van der Waals surface area contributed by atoms with Crippen molar-refractivity contribution in [3.05, 3.63) is 36.1 Å². The van der Waals surface area contributed by atoms with E-state index in [0.29, 0.717) is 17.9 Å². The van der Waals surface area contributed by atoms with Crippen LogP contribution in [-0.2, 0) is 9.53 Å². The molecule has 0 aromatic heterocycles. The SMILES string of the molecule is C=C(N)/C=C\C(=C/C)C(=O)OCCCCCCCCCCCCCCCC. The van der Waals surface area contributed by atoms with Gasteiger partial charge in [0.25, 0.3) is 0 Å². The second-order valence-electron chi connectivity index (χ2n) is 7.38. The predicted molar refractivity (Wildman–Crippen MR) is 117 cm³/mol. The molecular weight excluding hydrogens is 334 g/mol. The van der Waals surface area contributed by atoms with E-state index in [1.54, 1.807) is 18.2 Å². The topological polar surface area (TPSA) is 52.3 Å². The lowest BCUT2D eigenvalue weighted by molar-refractivity contribution is -0.138. The molecule has 0 radical (unpaired) electrons. The van der Waals surface area contributed by atoms with E-state index in [0.717, 1.165) is 12.8 Å². The molecule has 3 heteroatoms. The quantitative estimate of drug-likeness (QED) is 0.121. The van der Waals surface area contributed by atoms with Crippen LogP contribution in [0, 0.1) is 0 Å². The summed E-state index contributed by atoms with van der Waals surface area (Å²) in [4.78, 5) is 11.9. The predicted octanol–water partition coefficient (Wildman–Crippen LogP) is 6.99. The van der Waals surface area contributed by atoms with E-state index in [1.165, 1.54) is 77.0 Å². The van der Waals surface area contributed by atoms with Crippen LogP contribution in [0.15, 0.2) is 36.1 Å². The van der Waals surface area contributed by atoms with E-state index in [1.807, 2.05) is 6.92 Å². The van der Waals surface area contributed by atoms with Gasteiger partial charge in [0, 0.05) is 5.70 Å². The van der Waals surface area contributed by atoms with Crippen molar-refractivity contribution in [2.45, 2.75) is 104 Å². The largest absolute Gasteiger partial charge is 0.462 e. The molecule has 0 aliphatic carbocycles. The smallest absolute Gasteiger partial charge is 0.337 e. The van der Waals surface area contributed by atoms with Crippen LogP contribution in [0.5, 0.6) is 0 Å². The first-order chi connectivity index (χ1) is 13.1. The van der Waals surface area contributed by atoms with Gasteiger partial charge < -0.3 is 10.5 Å². The molecular formula is C24H43NO2. The summed E-state index contributed by atoms with van der Waals surface area (Å²) in [6.45, 7) is 8.15. The van der Waals surface area contributed by atoms with Gasteiger partial charge in [0.05, 0.1) is 12.2 Å². The van der Waals surface area contributed by atoms with Gasteiger partial charge in [-0.2, -0.15) is 0 Å². The highest BCUT2D eigenvalue weighted by Crippen LogP contribution is 2.13. The van der Waals surface area contributed by atoms with Gasteiger partial charge in [0.1, 0.15) is 0 Å². The molecule has 0 bridgehead atoms. The molecule has 0 spiro atoms. The van der Waals surface area contributed by atoms with Crippen molar-refractivity contribution < 1.29 is 9.53 Å². The van der Waals surface area contributed by atoms with Crippen molar-refractivity contribution in [1.29, 1.82) is 0 Å². The van der Waals surface area contributed by atoms with Crippen LogP contribution in [0.3, 0.4) is 0 Å². The molecule has 0 saturated carbocycles. The minimum Gasteiger partial charge on any atom is -0.462 e. The highest BCUT2D eigenvalue weighted by Gasteiger charge is 2.06. The van der Waals surface area contributed by atoms with E-state index < -0.39 is 0 Å². The normalized spacial score (nSPS) is 11.9. The maximum atomic E-state index is 11.9. The highest BCUT2D eigenvalue weighted by molar-refractivity contribution is 5.91. The number of carbonyl (C=O) groups is 1. The summed E-state index contributed by atoms with van der Waals surface area (Å²) in [5.74, 6) is -0.287. The lowest BCUT2D eigenvalue weighted by Gasteiger charge is -2.06. The summed E-state index contributed by atoms with van der Waals surface area (Å²) >= 11 is 0. The minimum atomic E-state index is -0.287. The maximum absolute atomic E-state index is 11.9. The van der Waals surface area contributed by atoms with E-state index in [2.05, 4.69) is 13.5 Å². The van der Waals surface area contributed by atoms with Crippen molar-refractivity contribution >= 4 is 5.97 Å². The molecule has 0 aromatic rings. The van der Waals surface area contributed by atoms with Gasteiger partial charge in [-0.3, -0.25) is 0 Å². The van der Waals surface area contributed by atoms with E-state index in [4.69, 9.17) is 10.5 Å². The van der Waals surface area contributed by atoms with Crippen LogP contribution in [0.1, 0.15) is 104 Å². The third-order valence-electron chi connectivity index (χ3n) is 4.75. The number of hydrogen-bond donors (Lipinski definition) is 1. The standard InChI is InChI=1S/C24H43NO2/c1-4-6-7-8-9-10-11-12-13-14-15-16-17-18-21-27-24(26)23(5-2)20-19-22(3)25/h5,19-20H,3-4,6-18,21,25H2,1-2H3/b20-19-,23-5+. The Labute approximate surface area is 168 Å². The first kappa shape index (κ1) is 25.5. The molecule has 0 heterocycles. The Kier molecular flexibility index (Phi) is 18.2. The molecule has 0 atom stereocenters. The van der Waals surface area contributed by atoms with Crippen LogP contribution >= 0.6 is 0 Å². The van der Waals surface area contributed by atoms with Crippen molar-refractivity contribution in [2.75, 3.05) is 6.61 Å². The lowest BCUT2D eigenvalue weighted by atomic mass is 10.0. The number of allylic oxidation sites excluding steroid dienone is 2. The average Bonchev–Trinajstić information content (AvgIpc) is 2.65. The molecule has 0 aromatic carbocycles. The van der Waals surface area contributed by atoms with E-state index in [9.17, 15) is 4.79 Å². The summed E-state index contributed by atoms with van der Waals surface area (Å²) in [7, 11) is 0. The summed E-state index contributed by atoms with van der Waals surface area (Å²) in [5, 5.41) is 0. The second kappa shape index (κ2) is 19.3. The second-order valence-corrected chi connectivity index (χ2v) is 7.38. The summed E-state index contributed by atoms with van der Waals surface area (Å²) in [5.41, 5.74) is 6.42. The molecule has 0 unspecified atom stereocenters. The van der Waals surface area contributed by atoms with Crippen LogP contribution in [-0.4, -0.2) is 12.6 Å². The van der Waals surface area contributed by atoms with Crippen LogP contribution in [0.2, 0.25) is 0 Å². The molecule has 2 N–H and O–H groups in total. The van der Waals surface area contributed by atoms with Gasteiger partial charge in [0.2, 0.25) is 0 Å². The molecule has 156 valence electrons. The molecule has 27 heavy (non-hydrogen) atoms. The molecule has 0 saturated heterocycles. The molecule has 0 amide bonds. The highest BCUT2D eigenvalue weighted by atomic mass is 16.5. The van der Waals surface area contributed by atoms with Gasteiger partial charge in [-0.25, -0.2) is 4.79 Å². The number of unbranched alkanes of at least 4 members (excludes halogenated alkanes) is 13. The lowest BCUT2D eigenvalue weighted by Crippen LogP contribution is -2.08. The first-order valence-corrected chi connectivity index (χ1v) is 11.1. The third kappa shape index (κ3) is 17.7. The Morgan fingerprint density at radius 2 is 1.26 bits per heavy atom. The Morgan fingerprint density at radius 3 is 1.67 bits per heavy atom. The van der Waals surface area contributed by atoms with Crippen LogP contribution in [0.4, 0.5) is 0 Å². The monoisotopic (exact) mass is 377 g/mol. The number of rotatable bonds is 18. The van der Waals surface area contributed by atoms with Gasteiger partial charge >= 0.3 is 5.97 Å². The number of esters is 1. The summed E-state index contributed by atoms with van der Waals surface area (Å²) in [6.07, 6.45) is 23.5. The number of hydrogen-bond acceptors (Lipinski definition) is 3. The number of ether oxygens (including phenoxy) is 1. The molecule has 3 nitrogen and oxygen atoms in total. The van der Waals surface area contributed by atoms with E-state index >= 15 is 0 Å². The third-order valence-corrected chi connectivity index (χ3v) is 4.75. The van der Waals surface area contributed by atoms with Crippen LogP contribution < -0.4 is 5.73 Å². The molecule has 0 fully saturated rings. The zero-order valence-corrected chi connectivity index (χ0v) is 17.9. The van der Waals surface area contributed by atoms with Crippen molar-refractivity contribution in [3.63, 3.8) is 0 Å². The Morgan fingerprint density at radius 1 is 0.815 bits per heavy atom. The summed E-state index contributed by atoms with van der Waals surface area (Å²) in [6, 6.07) is 0. The van der Waals surface area contributed by atoms with Gasteiger partial charge in [0.15, 0.2) is 0 Å². The maximum Gasteiger partial charge on any atom is 0.337 e. The first-order valence-electron chi connectivity index (χ1n) is 11.1. The number of nitrogens with two attached hydrogens (primary N) is 1. The Hall–Kier alpha value is -1.51. The fraction of sp³-hybridized carbons (Fsp3) is 0.708. The fourth-order valence-electron chi connectivity index (χ4n) is 3.02. The van der Waals surface area contributed by atoms with Crippen molar-refractivity contribution in [3.8, 4) is 0 Å². The molecule has 0 rings (SSSR count). The number of carbonyl (C=O) groups excluding carboxylic acids is 1. The zero-order valence-electron chi connectivity index (χ0n) is 17.9. The van der Waals surface area contributed by atoms with Gasteiger partial charge in [-0.1, -0.05) is 103 Å². The fourth-order valence-corrected chi connectivity index (χ4v) is 3.02. The summed E-state index contributed by atoms with van der Waals surface area (Å²) < 4.78 is 5.31. The van der Waals surface area contributed by atoms with Crippen molar-refractivity contribution in [2.24, 2.45) is 5.73 Å². The minimum absolute atomic E-state index is 0.287. The van der Waals surface area contributed by atoms with Crippen molar-refractivity contribution in [1.82, 2.24) is 0 Å². The molecule has 0 aliphatic heterocycles. The van der Waals surface area contributed by atoms with Crippen LogP contribution in [0.25, 0.3) is 0 Å². The Bertz CT molecular complexity index is 438. The van der Waals surface area contributed by atoms with Gasteiger partial charge in [-0.15, -0.1) is 0 Å². The zero-order chi connectivity index (χ0) is 20.2. The van der Waals surface area contributed by atoms with E-state index in [-0.39, 0.29) is 5.97 Å². The average molecular weight is 378 g/mol.